The largest absolute Gasteiger partial charge is 0.365 e. The Morgan fingerprint density at radius 1 is 1.16 bits per heavy atom. The van der Waals surface area contributed by atoms with Gasteiger partial charge in [-0.05, 0) is 38.0 Å². The van der Waals surface area contributed by atoms with Gasteiger partial charge in [-0.2, -0.15) is 0 Å². The molecule has 0 fully saturated rings. The van der Waals surface area contributed by atoms with Crippen molar-refractivity contribution in [3.63, 3.8) is 0 Å². The minimum absolute atomic E-state index is 0.120. The van der Waals surface area contributed by atoms with Crippen molar-refractivity contribution in [2.45, 2.75) is 26.3 Å². The smallest absolute Gasteiger partial charge is 0.347 e. The van der Waals surface area contributed by atoms with Crippen molar-refractivity contribution in [3.8, 4) is 0 Å². The van der Waals surface area contributed by atoms with Crippen molar-refractivity contribution in [2.24, 2.45) is 18.1 Å². The third-order valence-corrected chi connectivity index (χ3v) is 6.18. The number of aromatic nitrogens is 3. The summed E-state index contributed by atoms with van der Waals surface area (Å²) in [5.41, 5.74) is 4.80. The van der Waals surface area contributed by atoms with Crippen molar-refractivity contribution < 1.29 is 9.63 Å². The first-order chi connectivity index (χ1) is 15.1. The number of oxime groups is 1. The van der Waals surface area contributed by atoms with Crippen LogP contribution < -0.4 is 0 Å². The molecule has 0 radical (unpaired) electrons. The summed E-state index contributed by atoms with van der Waals surface area (Å²) in [5.74, 6) is 0.636. The normalized spacial score (nSPS) is 17.1. The van der Waals surface area contributed by atoms with Crippen LogP contribution in [0.5, 0.6) is 0 Å². The highest BCUT2D eigenvalue weighted by molar-refractivity contribution is 6.14. The van der Waals surface area contributed by atoms with Gasteiger partial charge in [-0.15, -0.1) is 0 Å². The molecule has 1 unspecified atom stereocenters. The fraction of sp³-hybridized carbons (Fsp3) is 0.240. The summed E-state index contributed by atoms with van der Waals surface area (Å²) in [6.07, 6.45) is 5.68. The number of carbonyl (C=O) groups is 1. The zero-order valence-electron chi connectivity index (χ0n) is 17.7. The van der Waals surface area contributed by atoms with Gasteiger partial charge in [0.25, 0.3) is 0 Å². The van der Waals surface area contributed by atoms with Crippen LogP contribution in [-0.2, 0) is 24.9 Å². The van der Waals surface area contributed by atoms with Gasteiger partial charge >= 0.3 is 5.97 Å². The highest BCUT2D eigenvalue weighted by Crippen LogP contribution is 2.35. The second-order valence-corrected chi connectivity index (χ2v) is 7.98. The van der Waals surface area contributed by atoms with E-state index in [1.54, 1.807) is 12.1 Å². The highest BCUT2D eigenvalue weighted by atomic mass is 16.7. The maximum Gasteiger partial charge on any atom is 0.365 e. The van der Waals surface area contributed by atoms with Crippen LogP contribution >= 0.6 is 0 Å². The Hall–Kier alpha value is -3.67. The average Bonchev–Trinajstić information content (AvgIpc) is 3.34. The van der Waals surface area contributed by atoms with E-state index in [-0.39, 0.29) is 5.92 Å². The zero-order valence-corrected chi connectivity index (χ0v) is 17.7. The van der Waals surface area contributed by atoms with Crippen LogP contribution in [0.4, 0.5) is 0 Å². The van der Waals surface area contributed by atoms with E-state index in [4.69, 9.17) is 4.84 Å². The van der Waals surface area contributed by atoms with Crippen molar-refractivity contribution in [1.29, 1.82) is 0 Å². The van der Waals surface area contributed by atoms with Crippen molar-refractivity contribution in [1.82, 2.24) is 14.1 Å². The van der Waals surface area contributed by atoms with Gasteiger partial charge in [0.1, 0.15) is 5.82 Å². The van der Waals surface area contributed by atoms with Gasteiger partial charge in [-0.3, -0.25) is 0 Å². The van der Waals surface area contributed by atoms with Gasteiger partial charge < -0.3 is 14.0 Å². The van der Waals surface area contributed by atoms with E-state index < -0.39 is 5.97 Å². The third-order valence-electron chi connectivity index (χ3n) is 6.18. The van der Waals surface area contributed by atoms with Crippen molar-refractivity contribution in [3.05, 3.63) is 89.6 Å². The molecule has 4 aromatic rings. The highest BCUT2D eigenvalue weighted by Gasteiger charge is 2.32. The van der Waals surface area contributed by atoms with Crippen LogP contribution in [0, 0.1) is 12.8 Å². The average molecular weight is 412 g/mol. The SMILES string of the molecule is Cc1nccn1CC1CCc2c(c3ccccc3n2C)/C1=N/OC(=O)c1ccccc1. The summed E-state index contributed by atoms with van der Waals surface area (Å²) < 4.78 is 4.37. The monoisotopic (exact) mass is 412 g/mol. The quantitative estimate of drug-likeness (QED) is 0.366. The zero-order chi connectivity index (χ0) is 21.4. The molecule has 1 aliphatic carbocycles. The number of para-hydroxylation sites is 1. The molecule has 0 saturated heterocycles. The lowest BCUT2D eigenvalue weighted by Gasteiger charge is -2.25. The first-order valence-electron chi connectivity index (χ1n) is 10.5. The molecule has 5 rings (SSSR count). The van der Waals surface area contributed by atoms with Gasteiger partial charge in [-0.25, -0.2) is 9.78 Å². The minimum atomic E-state index is -0.446. The van der Waals surface area contributed by atoms with E-state index in [2.05, 4.69) is 38.5 Å². The molecule has 2 aromatic carbocycles. The Labute approximate surface area is 180 Å². The Kier molecular flexibility index (Phi) is 4.90. The van der Waals surface area contributed by atoms with Gasteiger partial charge in [0.15, 0.2) is 0 Å². The number of nitrogens with zero attached hydrogens (tertiary/aromatic N) is 4. The van der Waals surface area contributed by atoms with E-state index in [1.807, 2.05) is 49.6 Å². The van der Waals surface area contributed by atoms with E-state index >= 15 is 0 Å². The molecule has 0 saturated carbocycles. The molecule has 156 valence electrons. The first kappa shape index (κ1) is 19.3. The van der Waals surface area contributed by atoms with Crippen LogP contribution in [0.3, 0.4) is 0 Å². The van der Waals surface area contributed by atoms with Gasteiger partial charge in [-0.1, -0.05) is 41.6 Å². The molecule has 2 heterocycles. The minimum Gasteiger partial charge on any atom is -0.347 e. The summed E-state index contributed by atoms with van der Waals surface area (Å²) in [6, 6.07) is 17.3. The maximum atomic E-state index is 12.6. The number of benzene rings is 2. The number of carbonyl (C=O) groups excluding carboxylic acids is 1. The molecule has 1 atom stereocenters. The lowest BCUT2D eigenvalue weighted by molar-refractivity contribution is 0.0513. The topological polar surface area (TPSA) is 61.4 Å². The van der Waals surface area contributed by atoms with Crippen LogP contribution in [0.2, 0.25) is 0 Å². The van der Waals surface area contributed by atoms with E-state index in [0.29, 0.717) is 5.56 Å². The molecule has 1 aliphatic rings. The Morgan fingerprint density at radius 3 is 2.71 bits per heavy atom. The predicted molar refractivity (Wildman–Crippen MR) is 120 cm³/mol. The maximum absolute atomic E-state index is 12.6. The Morgan fingerprint density at radius 2 is 1.94 bits per heavy atom. The number of hydrogen-bond acceptors (Lipinski definition) is 4. The van der Waals surface area contributed by atoms with E-state index in [9.17, 15) is 4.79 Å². The van der Waals surface area contributed by atoms with Gasteiger partial charge in [0.2, 0.25) is 0 Å². The lowest BCUT2D eigenvalue weighted by Crippen LogP contribution is -2.28. The third kappa shape index (κ3) is 3.44. The lowest BCUT2D eigenvalue weighted by atomic mass is 9.84. The molecule has 0 N–H and O–H groups in total. The number of aryl methyl sites for hydroxylation is 2. The fourth-order valence-corrected chi connectivity index (χ4v) is 4.53. The van der Waals surface area contributed by atoms with Crippen LogP contribution in [0.1, 0.15) is 33.9 Å². The summed E-state index contributed by atoms with van der Waals surface area (Å²) in [4.78, 5) is 22.4. The van der Waals surface area contributed by atoms with Gasteiger partial charge in [0.05, 0.1) is 11.3 Å². The first-order valence-corrected chi connectivity index (χ1v) is 10.5. The van der Waals surface area contributed by atoms with E-state index in [1.165, 1.54) is 5.69 Å². The molecule has 0 amide bonds. The molecule has 0 spiro atoms. The molecule has 31 heavy (non-hydrogen) atoms. The predicted octanol–water partition coefficient (Wildman–Crippen LogP) is 4.51. The van der Waals surface area contributed by atoms with Crippen molar-refractivity contribution in [2.75, 3.05) is 0 Å². The molecule has 2 aromatic heterocycles. The van der Waals surface area contributed by atoms with Crippen molar-refractivity contribution >= 4 is 22.6 Å². The number of rotatable bonds is 4. The molecule has 6 heteroatoms. The second kappa shape index (κ2) is 7.87. The van der Waals surface area contributed by atoms with Crippen LogP contribution in [-0.4, -0.2) is 25.8 Å². The van der Waals surface area contributed by atoms with Crippen LogP contribution in [0.25, 0.3) is 10.9 Å². The second-order valence-electron chi connectivity index (χ2n) is 7.98. The Bertz CT molecular complexity index is 1280. The molecule has 0 aliphatic heterocycles. The number of hydrogen-bond donors (Lipinski definition) is 0. The molecule has 6 nitrogen and oxygen atoms in total. The number of fused-ring (bicyclic) bond motifs is 3. The standard InChI is InChI=1S/C25H24N4O2/c1-17-26-14-15-29(17)16-19-12-13-22-23(20-10-6-7-11-21(20)28(22)2)24(19)27-31-25(30)18-8-4-3-5-9-18/h3-11,14-15,19H,12-13,16H2,1-2H3/b27-24+. The molecular formula is C25H24N4O2. The molecular weight excluding hydrogens is 388 g/mol. The fourth-order valence-electron chi connectivity index (χ4n) is 4.53. The van der Waals surface area contributed by atoms with Gasteiger partial charge in [0, 0.05) is 54.1 Å². The summed E-state index contributed by atoms with van der Waals surface area (Å²) >= 11 is 0. The summed E-state index contributed by atoms with van der Waals surface area (Å²) in [7, 11) is 2.09. The molecule has 0 bridgehead atoms. The Balaban J connectivity index is 1.58. The summed E-state index contributed by atoms with van der Waals surface area (Å²) in [5, 5.41) is 5.62. The van der Waals surface area contributed by atoms with Crippen LogP contribution in [0.15, 0.2) is 72.1 Å². The number of imidazole rings is 1. The van der Waals surface area contributed by atoms with E-state index in [0.717, 1.165) is 47.4 Å². The summed E-state index contributed by atoms with van der Waals surface area (Å²) in [6.45, 7) is 2.74.